The Morgan fingerprint density at radius 3 is 2.50 bits per heavy atom. The molecule has 0 amide bonds. The molecule has 1 N–H and O–H groups in total. The van der Waals surface area contributed by atoms with Crippen LogP contribution in [0.25, 0.3) is 0 Å². The number of sulfonamides is 1. The van der Waals surface area contributed by atoms with Gasteiger partial charge in [0.05, 0.1) is 5.75 Å². The lowest BCUT2D eigenvalue weighted by Crippen LogP contribution is -2.41. The van der Waals surface area contributed by atoms with E-state index in [4.69, 9.17) is 0 Å². The van der Waals surface area contributed by atoms with Crippen molar-refractivity contribution >= 4 is 21.8 Å². The molecule has 4 nitrogen and oxygen atoms in total. The highest BCUT2D eigenvalue weighted by Crippen LogP contribution is 2.12. The van der Waals surface area contributed by atoms with E-state index in [1.807, 2.05) is 11.8 Å². The van der Waals surface area contributed by atoms with Gasteiger partial charge in [-0.1, -0.05) is 13.8 Å². The number of rotatable bonds is 6. The van der Waals surface area contributed by atoms with Crippen LogP contribution in [0.4, 0.5) is 0 Å². The molecule has 0 spiro atoms. The molecule has 0 bridgehead atoms. The van der Waals surface area contributed by atoms with Crippen molar-refractivity contribution in [1.82, 2.24) is 9.62 Å². The average Bonchev–Trinajstić information content (AvgIpc) is 2.26. The van der Waals surface area contributed by atoms with Crippen LogP contribution in [0.1, 0.15) is 13.8 Å². The smallest absolute Gasteiger partial charge is 0.215 e. The van der Waals surface area contributed by atoms with Gasteiger partial charge < -0.3 is 5.32 Å². The first-order valence-electron chi connectivity index (χ1n) is 5.78. The molecule has 1 fully saturated rings. The van der Waals surface area contributed by atoms with Crippen LogP contribution in [0.3, 0.4) is 0 Å². The van der Waals surface area contributed by atoms with E-state index in [0.717, 1.165) is 18.1 Å². The van der Waals surface area contributed by atoms with E-state index in [1.54, 1.807) is 4.31 Å². The molecule has 0 saturated carbocycles. The largest absolute Gasteiger partial charge is 0.315 e. The minimum atomic E-state index is -3.02. The monoisotopic (exact) mass is 266 g/mol. The Morgan fingerprint density at radius 2 is 1.94 bits per heavy atom. The van der Waals surface area contributed by atoms with Crippen LogP contribution in [-0.4, -0.2) is 56.2 Å². The quantitative estimate of drug-likeness (QED) is 0.716. The number of nitrogens with zero attached hydrogens (tertiary/aromatic N) is 1. The zero-order valence-electron chi connectivity index (χ0n) is 10.1. The van der Waals surface area contributed by atoms with Crippen LogP contribution >= 0.6 is 11.8 Å². The van der Waals surface area contributed by atoms with E-state index in [0.29, 0.717) is 25.6 Å². The SMILES string of the molecule is CC(C)CNCCS(=O)(=O)N1CCSCC1. The number of hydrogen-bond donors (Lipinski definition) is 1. The minimum Gasteiger partial charge on any atom is -0.315 e. The van der Waals surface area contributed by atoms with E-state index in [9.17, 15) is 8.42 Å². The molecule has 0 aromatic carbocycles. The van der Waals surface area contributed by atoms with Gasteiger partial charge in [0.2, 0.25) is 10.0 Å². The molecular formula is C10H22N2O2S2. The fraction of sp³-hybridized carbons (Fsp3) is 1.00. The first-order chi connectivity index (χ1) is 7.52. The molecule has 0 aromatic heterocycles. The summed E-state index contributed by atoms with van der Waals surface area (Å²) in [6.07, 6.45) is 0. The molecule has 1 aliphatic rings. The Hall–Kier alpha value is 0.220. The van der Waals surface area contributed by atoms with Gasteiger partial charge in [-0.3, -0.25) is 0 Å². The summed E-state index contributed by atoms with van der Waals surface area (Å²) in [6, 6.07) is 0. The summed E-state index contributed by atoms with van der Waals surface area (Å²) < 4.78 is 25.4. The van der Waals surface area contributed by atoms with Gasteiger partial charge in [-0.05, 0) is 12.5 Å². The lowest BCUT2D eigenvalue weighted by Gasteiger charge is -2.25. The predicted octanol–water partition coefficient (Wildman–Crippen LogP) is 0.611. The van der Waals surface area contributed by atoms with Crippen LogP contribution in [0, 0.1) is 5.92 Å². The third-order valence-corrected chi connectivity index (χ3v) is 5.27. The minimum absolute atomic E-state index is 0.227. The highest BCUT2D eigenvalue weighted by Gasteiger charge is 2.23. The van der Waals surface area contributed by atoms with Crippen molar-refractivity contribution in [3.63, 3.8) is 0 Å². The number of nitrogens with one attached hydrogen (secondary N) is 1. The van der Waals surface area contributed by atoms with Gasteiger partial charge >= 0.3 is 0 Å². The maximum atomic E-state index is 11.9. The summed E-state index contributed by atoms with van der Waals surface area (Å²) in [5, 5.41) is 3.17. The van der Waals surface area contributed by atoms with E-state index < -0.39 is 10.0 Å². The normalized spacial score (nSPS) is 19.2. The molecule has 0 radical (unpaired) electrons. The third kappa shape index (κ3) is 5.03. The second-order valence-electron chi connectivity index (χ2n) is 4.43. The first-order valence-corrected chi connectivity index (χ1v) is 8.55. The van der Waals surface area contributed by atoms with Crippen molar-refractivity contribution in [1.29, 1.82) is 0 Å². The molecule has 1 saturated heterocycles. The Balaban J connectivity index is 2.27. The van der Waals surface area contributed by atoms with Crippen molar-refractivity contribution in [2.75, 3.05) is 43.4 Å². The fourth-order valence-corrected chi connectivity index (χ4v) is 4.08. The number of hydrogen-bond acceptors (Lipinski definition) is 4. The summed E-state index contributed by atoms with van der Waals surface area (Å²) in [7, 11) is -3.02. The Morgan fingerprint density at radius 1 is 1.31 bits per heavy atom. The standard InChI is InChI=1S/C10H22N2O2S2/c1-10(2)9-11-3-8-16(13,14)12-4-6-15-7-5-12/h10-11H,3-9H2,1-2H3. The molecule has 1 heterocycles. The molecule has 96 valence electrons. The third-order valence-electron chi connectivity index (χ3n) is 2.45. The van der Waals surface area contributed by atoms with Crippen LogP contribution in [0.15, 0.2) is 0 Å². The molecule has 0 unspecified atom stereocenters. The van der Waals surface area contributed by atoms with Gasteiger partial charge in [0.25, 0.3) is 0 Å². The lowest BCUT2D eigenvalue weighted by atomic mass is 10.2. The molecule has 0 atom stereocenters. The molecular weight excluding hydrogens is 244 g/mol. The predicted molar refractivity (Wildman–Crippen MR) is 70.4 cm³/mol. The average molecular weight is 266 g/mol. The molecule has 0 aliphatic carbocycles. The topological polar surface area (TPSA) is 49.4 Å². The van der Waals surface area contributed by atoms with E-state index >= 15 is 0 Å². The van der Waals surface area contributed by atoms with Crippen LogP contribution in [-0.2, 0) is 10.0 Å². The lowest BCUT2D eigenvalue weighted by molar-refractivity contribution is 0.441. The number of thioether (sulfide) groups is 1. The second kappa shape index (κ2) is 6.83. The van der Waals surface area contributed by atoms with Gasteiger partial charge in [-0.25, -0.2) is 12.7 Å². The Kier molecular flexibility index (Phi) is 6.10. The Labute approximate surface area is 103 Å². The van der Waals surface area contributed by atoms with Crippen molar-refractivity contribution in [3.8, 4) is 0 Å². The van der Waals surface area contributed by atoms with Crippen LogP contribution in [0.5, 0.6) is 0 Å². The Bertz CT molecular complexity index is 285. The van der Waals surface area contributed by atoms with E-state index in [1.165, 1.54) is 0 Å². The molecule has 16 heavy (non-hydrogen) atoms. The van der Waals surface area contributed by atoms with Gasteiger partial charge in [0.15, 0.2) is 0 Å². The second-order valence-corrected chi connectivity index (χ2v) is 7.74. The van der Waals surface area contributed by atoms with Crippen molar-refractivity contribution in [3.05, 3.63) is 0 Å². The summed E-state index contributed by atoms with van der Waals surface area (Å²) in [5.74, 6) is 2.65. The van der Waals surface area contributed by atoms with E-state index in [2.05, 4.69) is 19.2 Å². The highest BCUT2D eigenvalue weighted by atomic mass is 32.2. The van der Waals surface area contributed by atoms with Gasteiger partial charge in [-0.2, -0.15) is 11.8 Å². The maximum Gasteiger partial charge on any atom is 0.215 e. The summed E-state index contributed by atoms with van der Waals surface area (Å²) >= 11 is 1.83. The molecule has 1 rings (SSSR count). The summed E-state index contributed by atoms with van der Waals surface area (Å²) in [4.78, 5) is 0. The highest BCUT2D eigenvalue weighted by molar-refractivity contribution is 7.99. The van der Waals surface area contributed by atoms with Crippen LogP contribution < -0.4 is 5.32 Å². The zero-order valence-corrected chi connectivity index (χ0v) is 11.7. The first kappa shape index (κ1) is 14.3. The van der Waals surface area contributed by atoms with Gasteiger partial charge in [0.1, 0.15) is 0 Å². The zero-order chi connectivity index (χ0) is 12.0. The van der Waals surface area contributed by atoms with Crippen molar-refractivity contribution in [2.45, 2.75) is 13.8 Å². The molecule has 1 aliphatic heterocycles. The summed E-state index contributed by atoms with van der Waals surface area (Å²) in [5.41, 5.74) is 0. The fourth-order valence-electron chi connectivity index (χ4n) is 1.55. The molecule has 0 aromatic rings. The van der Waals surface area contributed by atoms with Gasteiger partial charge in [-0.15, -0.1) is 0 Å². The maximum absolute atomic E-state index is 11.9. The van der Waals surface area contributed by atoms with Gasteiger partial charge in [0, 0.05) is 31.1 Å². The summed E-state index contributed by atoms with van der Waals surface area (Å²) in [6.45, 7) is 7.02. The van der Waals surface area contributed by atoms with E-state index in [-0.39, 0.29) is 5.75 Å². The van der Waals surface area contributed by atoms with Crippen molar-refractivity contribution < 1.29 is 8.42 Å². The van der Waals surface area contributed by atoms with Crippen molar-refractivity contribution in [2.24, 2.45) is 5.92 Å². The molecule has 6 heteroatoms. The van der Waals surface area contributed by atoms with Crippen LogP contribution in [0.2, 0.25) is 0 Å².